The molecule has 0 radical (unpaired) electrons. The second kappa shape index (κ2) is 10.9. The number of carbonyl (C=O) groups excluding carboxylic acids is 1. The Labute approximate surface area is 227 Å². The molecule has 1 fully saturated rings. The van der Waals surface area contributed by atoms with E-state index in [1.807, 2.05) is 13.0 Å². The average molecular weight is 534 g/mol. The van der Waals surface area contributed by atoms with Gasteiger partial charge in [0.15, 0.2) is 0 Å². The van der Waals surface area contributed by atoms with Gasteiger partial charge in [0.25, 0.3) is 5.91 Å². The normalized spacial score (nSPS) is 17.2. The SMILES string of the molecule is CCCC1(C)CCN(c2ccc(Cn3cc(C(=O)NCc4cc(Cl)ccc4-n4cnnn4)cn3)c(C)n2)C1. The molecule has 4 heterocycles. The van der Waals surface area contributed by atoms with Crippen LogP contribution in [0.3, 0.4) is 0 Å². The lowest BCUT2D eigenvalue weighted by atomic mass is 9.85. The van der Waals surface area contributed by atoms with E-state index in [2.05, 4.69) is 56.8 Å². The van der Waals surface area contributed by atoms with Crippen LogP contribution in [0.4, 0.5) is 5.82 Å². The lowest BCUT2D eigenvalue weighted by Crippen LogP contribution is -2.25. The maximum absolute atomic E-state index is 12.9. The predicted molar refractivity (Wildman–Crippen MR) is 145 cm³/mol. The minimum Gasteiger partial charge on any atom is -0.356 e. The van der Waals surface area contributed by atoms with E-state index in [0.29, 0.717) is 22.5 Å². The number of pyridine rings is 1. The molecule has 10 nitrogen and oxygen atoms in total. The summed E-state index contributed by atoms with van der Waals surface area (Å²) in [6, 6.07) is 9.58. The Morgan fingerprint density at radius 2 is 2.08 bits per heavy atom. The van der Waals surface area contributed by atoms with Gasteiger partial charge >= 0.3 is 0 Å². The standard InChI is InChI=1S/C27H32ClN9O/c1-4-9-27(3)10-11-35(17-27)25-8-5-20(19(2)32-25)15-36-16-22(14-31-36)26(38)29-13-21-12-23(28)6-7-24(21)37-18-30-33-34-37/h5-8,12,14,16,18H,4,9-11,13,15,17H2,1-3H3,(H,29,38). The molecule has 5 rings (SSSR count). The number of nitrogens with zero attached hydrogens (tertiary/aromatic N) is 8. The summed E-state index contributed by atoms with van der Waals surface area (Å²) in [5.41, 5.74) is 4.43. The van der Waals surface area contributed by atoms with E-state index in [1.54, 1.807) is 29.2 Å². The van der Waals surface area contributed by atoms with Crippen LogP contribution in [-0.2, 0) is 13.1 Å². The van der Waals surface area contributed by atoms with Crippen molar-refractivity contribution >= 4 is 23.3 Å². The molecule has 0 spiro atoms. The molecule has 1 aliphatic rings. The van der Waals surface area contributed by atoms with E-state index in [1.165, 1.54) is 30.3 Å². The van der Waals surface area contributed by atoms with Crippen LogP contribution in [0.25, 0.3) is 5.69 Å². The van der Waals surface area contributed by atoms with Gasteiger partial charge in [-0.05, 0) is 71.0 Å². The second-order valence-corrected chi connectivity index (χ2v) is 10.7. The van der Waals surface area contributed by atoms with Crippen LogP contribution >= 0.6 is 11.6 Å². The zero-order chi connectivity index (χ0) is 26.7. The first-order chi connectivity index (χ1) is 18.3. The van der Waals surface area contributed by atoms with Crippen LogP contribution in [0, 0.1) is 12.3 Å². The fraction of sp³-hybridized carbons (Fsp3) is 0.407. The predicted octanol–water partition coefficient (Wildman–Crippen LogP) is 4.21. The molecule has 198 valence electrons. The van der Waals surface area contributed by atoms with Crippen LogP contribution in [0.1, 0.15) is 60.3 Å². The number of amides is 1. The Balaban J connectivity index is 1.22. The number of rotatable bonds is 9. The Morgan fingerprint density at radius 3 is 2.84 bits per heavy atom. The van der Waals surface area contributed by atoms with E-state index >= 15 is 0 Å². The third kappa shape index (κ3) is 5.70. The van der Waals surface area contributed by atoms with Crippen molar-refractivity contribution in [2.45, 2.75) is 53.1 Å². The average Bonchev–Trinajstić information content (AvgIpc) is 3.66. The highest BCUT2D eigenvalue weighted by Crippen LogP contribution is 2.36. The summed E-state index contributed by atoms with van der Waals surface area (Å²) < 4.78 is 3.30. The van der Waals surface area contributed by atoms with Gasteiger partial charge < -0.3 is 10.2 Å². The summed E-state index contributed by atoms with van der Waals surface area (Å²) in [4.78, 5) is 20.2. The number of nitrogens with one attached hydrogen (secondary N) is 1. The fourth-order valence-electron chi connectivity index (χ4n) is 5.16. The molecule has 1 unspecified atom stereocenters. The van der Waals surface area contributed by atoms with E-state index < -0.39 is 0 Å². The molecule has 1 atom stereocenters. The topological polar surface area (TPSA) is 107 Å². The van der Waals surface area contributed by atoms with E-state index in [0.717, 1.165) is 41.4 Å². The third-order valence-electron chi connectivity index (χ3n) is 7.22. The Morgan fingerprint density at radius 1 is 1.21 bits per heavy atom. The van der Waals surface area contributed by atoms with Crippen LogP contribution in [-0.4, -0.2) is 54.0 Å². The van der Waals surface area contributed by atoms with Crippen LogP contribution in [0.2, 0.25) is 5.02 Å². The lowest BCUT2D eigenvalue weighted by Gasteiger charge is -2.25. The second-order valence-electron chi connectivity index (χ2n) is 10.3. The van der Waals surface area contributed by atoms with Gasteiger partial charge in [-0.2, -0.15) is 5.10 Å². The van der Waals surface area contributed by atoms with Crippen molar-refractivity contribution in [3.05, 3.63) is 76.5 Å². The molecule has 1 N–H and O–H groups in total. The van der Waals surface area contributed by atoms with E-state index in [4.69, 9.17) is 16.6 Å². The minimum absolute atomic E-state index is 0.228. The zero-order valence-corrected chi connectivity index (χ0v) is 22.7. The lowest BCUT2D eigenvalue weighted by molar-refractivity contribution is 0.0951. The number of aromatic nitrogens is 7. The molecule has 1 aliphatic heterocycles. The molecule has 1 aromatic carbocycles. The van der Waals surface area contributed by atoms with Crippen LogP contribution < -0.4 is 10.2 Å². The van der Waals surface area contributed by atoms with Gasteiger partial charge in [-0.25, -0.2) is 9.67 Å². The van der Waals surface area contributed by atoms with E-state index in [9.17, 15) is 4.79 Å². The van der Waals surface area contributed by atoms with Crippen molar-refractivity contribution in [1.29, 1.82) is 0 Å². The Hall–Kier alpha value is -3.79. The summed E-state index contributed by atoms with van der Waals surface area (Å²) in [5, 5.41) is 19.2. The maximum Gasteiger partial charge on any atom is 0.254 e. The van der Waals surface area contributed by atoms with Crippen molar-refractivity contribution in [3.8, 4) is 5.69 Å². The van der Waals surface area contributed by atoms with Crippen LogP contribution in [0.5, 0.6) is 0 Å². The molecule has 0 saturated carbocycles. The van der Waals surface area contributed by atoms with Crippen molar-refractivity contribution < 1.29 is 4.79 Å². The number of carbonyl (C=O) groups is 1. The number of hydrogen-bond donors (Lipinski definition) is 1. The molecule has 1 saturated heterocycles. The Kier molecular flexibility index (Phi) is 7.42. The molecule has 38 heavy (non-hydrogen) atoms. The van der Waals surface area contributed by atoms with Crippen molar-refractivity contribution in [3.63, 3.8) is 0 Å². The summed E-state index contributed by atoms with van der Waals surface area (Å²) >= 11 is 6.18. The largest absolute Gasteiger partial charge is 0.356 e. The van der Waals surface area contributed by atoms with Gasteiger partial charge in [-0.15, -0.1) is 5.10 Å². The van der Waals surface area contributed by atoms with Crippen molar-refractivity contribution in [2.75, 3.05) is 18.0 Å². The van der Waals surface area contributed by atoms with Crippen molar-refractivity contribution in [1.82, 2.24) is 40.3 Å². The summed E-state index contributed by atoms with van der Waals surface area (Å²) in [5.74, 6) is 0.807. The molecule has 0 aliphatic carbocycles. The molecular formula is C27H32ClN9O. The Bertz CT molecular complexity index is 1420. The summed E-state index contributed by atoms with van der Waals surface area (Å²) in [6.07, 6.45) is 8.48. The molecule has 11 heteroatoms. The monoisotopic (exact) mass is 533 g/mol. The number of tetrazole rings is 1. The summed E-state index contributed by atoms with van der Waals surface area (Å²) in [6.45, 7) is 9.57. The van der Waals surface area contributed by atoms with E-state index in [-0.39, 0.29) is 12.5 Å². The highest BCUT2D eigenvalue weighted by Gasteiger charge is 2.33. The van der Waals surface area contributed by atoms with Gasteiger partial charge in [0, 0.05) is 36.5 Å². The molecule has 1 amide bonds. The fourth-order valence-corrected chi connectivity index (χ4v) is 5.35. The van der Waals surface area contributed by atoms with Gasteiger partial charge in [-0.1, -0.05) is 37.9 Å². The third-order valence-corrected chi connectivity index (χ3v) is 7.46. The quantitative estimate of drug-likeness (QED) is 0.343. The molecular weight excluding hydrogens is 502 g/mol. The first-order valence-corrected chi connectivity index (χ1v) is 13.3. The van der Waals surface area contributed by atoms with Crippen LogP contribution in [0.15, 0.2) is 49.1 Å². The maximum atomic E-state index is 12.9. The summed E-state index contributed by atoms with van der Waals surface area (Å²) in [7, 11) is 0. The molecule has 0 bridgehead atoms. The first-order valence-electron chi connectivity index (χ1n) is 12.9. The smallest absolute Gasteiger partial charge is 0.254 e. The minimum atomic E-state index is -0.228. The molecule has 3 aromatic heterocycles. The number of aryl methyl sites for hydroxylation is 1. The van der Waals surface area contributed by atoms with Gasteiger partial charge in [0.05, 0.1) is 24.0 Å². The highest BCUT2D eigenvalue weighted by molar-refractivity contribution is 6.30. The number of hydrogen-bond acceptors (Lipinski definition) is 7. The number of benzene rings is 1. The highest BCUT2D eigenvalue weighted by atomic mass is 35.5. The first kappa shape index (κ1) is 25.8. The zero-order valence-electron chi connectivity index (χ0n) is 21.9. The van der Waals surface area contributed by atoms with Crippen molar-refractivity contribution in [2.24, 2.45) is 5.41 Å². The number of anilines is 1. The van der Waals surface area contributed by atoms with Gasteiger partial charge in [0.1, 0.15) is 12.1 Å². The van der Waals surface area contributed by atoms with Gasteiger partial charge in [-0.3, -0.25) is 9.48 Å². The molecule has 4 aromatic rings. The van der Waals surface area contributed by atoms with Gasteiger partial charge in [0.2, 0.25) is 0 Å². The number of halogens is 1.